The highest BCUT2D eigenvalue weighted by atomic mass is 16.5. The van der Waals surface area contributed by atoms with E-state index < -0.39 is 0 Å². The smallest absolute Gasteiger partial charge is 0.318 e. The number of hydrogen-bond donors (Lipinski definition) is 2. The van der Waals surface area contributed by atoms with Gasteiger partial charge in [-0.1, -0.05) is 30.3 Å². The number of hydrogen-bond acceptors (Lipinski definition) is 3. The number of ether oxygens (including phenoxy) is 1. The van der Waals surface area contributed by atoms with E-state index in [2.05, 4.69) is 29.6 Å². The van der Waals surface area contributed by atoms with Crippen LogP contribution in [0.2, 0.25) is 0 Å². The molecule has 7 nitrogen and oxygen atoms in total. The average molecular weight is 410 g/mol. The van der Waals surface area contributed by atoms with Crippen LogP contribution in [0.5, 0.6) is 5.75 Å². The summed E-state index contributed by atoms with van der Waals surface area (Å²) in [4.78, 5) is 30.2. The van der Waals surface area contributed by atoms with Crippen LogP contribution in [-0.2, 0) is 11.3 Å². The van der Waals surface area contributed by atoms with E-state index in [0.29, 0.717) is 13.0 Å². The molecule has 2 aliphatic rings. The summed E-state index contributed by atoms with van der Waals surface area (Å²) in [5.74, 6) is 0.784. The lowest BCUT2D eigenvalue weighted by atomic mass is 10.2. The van der Waals surface area contributed by atoms with Gasteiger partial charge in [-0.05, 0) is 24.3 Å². The van der Waals surface area contributed by atoms with Crippen molar-refractivity contribution in [2.45, 2.75) is 19.0 Å². The van der Waals surface area contributed by atoms with E-state index in [1.165, 1.54) is 10.5 Å². The Labute approximate surface area is 177 Å². The molecule has 2 aliphatic heterocycles. The highest BCUT2D eigenvalue weighted by Gasteiger charge is 2.33. The lowest BCUT2D eigenvalue weighted by molar-refractivity contribution is -0.917. The number of quaternary nitrogens is 1. The maximum Gasteiger partial charge on any atom is 0.318 e. The maximum atomic E-state index is 12.7. The maximum absolute atomic E-state index is 12.7. The molecule has 0 bridgehead atoms. The molecule has 7 heteroatoms. The first-order valence-electron chi connectivity index (χ1n) is 10.5. The van der Waals surface area contributed by atoms with Crippen molar-refractivity contribution in [2.75, 3.05) is 44.7 Å². The molecule has 3 amide bonds. The fraction of sp³-hybridized carbons (Fsp3) is 0.391. The van der Waals surface area contributed by atoms with E-state index in [4.69, 9.17) is 4.74 Å². The van der Waals surface area contributed by atoms with E-state index in [1.807, 2.05) is 35.2 Å². The third-order valence-electron chi connectivity index (χ3n) is 5.89. The van der Waals surface area contributed by atoms with Crippen molar-refractivity contribution in [3.05, 3.63) is 60.2 Å². The standard InChI is InChI=1S/C23H28N4O3/c1-30-21-9-7-20(8-10-21)27-17-19(15-22(27)28)24-23(29)26-13-11-25(12-14-26)16-18-5-3-2-4-6-18/h2-10,19H,11-17H2,1H3,(H,24,29)/p+1/t19-/m1/s1. The van der Waals surface area contributed by atoms with Crippen molar-refractivity contribution in [3.63, 3.8) is 0 Å². The second-order valence-corrected chi connectivity index (χ2v) is 7.95. The third kappa shape index (κ3) is 4.74. The van der Waals surface area contributed by atoms with Gasteiger partial charge in [-0.15, -0.1) is 0 Å². The first-order chi connectivity index (χ1) is 14.6. The number of nitrogens with zero attached hydrogens (tertiary/aromatic N) is 2. The number of anilines is 1. The van der Waals surface area contributed by atoms with Crippen LogP contribution in [-0.4, -0.2) is 62.7 Å². The Morgan fingerprint density at radius 2 is 1.80 bits per heavy atom. The summed E-state index contributed by atoms with van der Waals surface area (Å²) in [6.45, 7) is 4.82. The normalized spacial score (nSPS) is 19.8. The molecule has 0 spiro atoms. The lowest BCUT2D eigenvalue weighted by Gasteiger charge is -2.33. The highest BCUT2D eigenvalue weighted by molar-refractivity contribution is 5.96. The Morgan fingerprint density at radius 1 is 1.10 bits per heavy atom. The minimum Gasteiger partial charge on any atom is -0.497 e. The molecule has 158 valence electrons. The summed E-state index contributed by atoms with van der Waals surface area (Å²) < 4.78 is 5.17. The van der Waals surface area contributed by atoms with E-state index >= 15 is 0 Å². The molecule has 0 aliphatic carbocycles. The fourth-order valence-corrected chi connectivity index (χ4v) is 4.17. The molecule has 0 unspecified atom stereocenters. The predicted molar refractivity (Wildman–Crippen MR) is 115 cm³/mol. The number of piperazine rings is 1. The van der Waals surface area contributed by atoms with Crippen LogP contribution in [0.25, 0.3) is 0 Å². The first-order valence-corrected chi connectivity index (χ1v) is 10.5. The van der Waals surface area contributed by atoms with Gasteiger partial charge >= 0.3 is 6.03 Å². The van der Waals surface area contributed by atoms with Gasteiger partial charge in [0.05, 0.1) is 39.3 Å². The molecule has 2 heterocycles. The van der Waals surface area contributed by atoms with Crippen LogP contribution in [0, 0.1) is 0 Å². The van der Waals surface area contributed by atoms with Gasteiger partial charge in [-0.2, -0.15) is 0 Å². The third-order valence-corrected chi connectivity index (χ3v) is 5.89. The van der Waals surface area contributed by atoms with Crippen LogP contribution in [0.15, 0.2) is 54.6 Å². The molecule has 4 rings (SSSR count). The van der Waals surface area contributed by atoms with Gasteiger partial charge in [0.1, 0.15) is 12.3 Å². The number of urea groups is 1. The molecule has 2 fully saturated rings. The Balaban J connectivity index is 1.26. The van der Waals surface area contributed by atoms with Crippen LogP contribution in [0.1, 0.15) is 12.0 Å². The quantitative estimate of drug-likeness (QED) is 0.772. The van der Waals surface area contributed by atoms with E-state index in [1.54, 1.807) is 12.0 Å². The summed E-state index contributed by atoms with van der Waals surface area (Å²) >= 11 is 0. The zero-order chi connectivity index (χ0) is 20.9. The molecular weight excluding hydrogens is 380 g/mol. The molecule has 2 aromatic rings. The summed E-state index contributed by atoms with van der Waals surface area (Å²) in [6.07, 6.45) is 0.330. The van der Waals surface area contributed by atoms with Gasteiger partial charge in [0.2, 0.25) is 5.91 Å². The number of carbonyl (C=O) groups excluding carboxylic acids is 2. The minimum absolute atomic E-state index is 0.0302. The highest BCUT2D eigenvalue weighted by Crippen LogP contribution is 2.24. The predicted octanol–water partition coefficient (Wildman–Crippen LogP) is 0.911. The van der Waals surface area contributed by atoms with Crippen molar-refractivity contribution in [3.8, 4) is 5.75 Å². The number of nitrogens with one attached hydrogen (secondary N) is 2. The molecule has 0 radical (unpaired) electrons. The molecule has 0 aromatic heterocycles. The Morgan fingerprint density at radius 3 is 2.47 bits per heavy atom. The fourth-order valence-electron chi connectivity index (χ4n) is 4.17. The number of methoxy groups -OCH3 is 1. The average Bonchev–Trinajstić information content (AvgIpc) is 3.15. The van der Waals surface area contributed by atoms with E-state index in [9.17, 15) is 9.59 Å². The molecule has 2 aromatic carbocycles. The number of benzene rings is 2. The van der Waals surface area contributed by atoms with E-state index in [-0.39, 0.29) is 18.0 Å². The summed E-state index contributed by atoms with van der Waals surface area (Å²) in [5.41, 5.74) is 2.16. The van der Waals surface area contributed by atoms with Crippen LogP contribution in [0.4, 0.5) is 10.5 Å². The van der Waals surface area contributed by atoms with Crippen LogP contribution >= 0.6 is 0 Å². The Bertz CT molecular complexity index is 864. The lowest BCUT2D eigenvalue weighted by Crippen LogP contribution is -3.13. The van der Waals surface area contributed by atoms with Crippen LogP contribution < -0.4 is 19.9 Å². The minimum atomic E-state index is -0.165. The van der Waals surface area contributed by atoms with Gasteiger partial charge < -0.3 is 24.8 Å². The largest absolute Gasteiger partial charge is 0.497 e. The molecule has 1 atom stereocenters. The molecule has 2 saturated heterocycles. The van der Waals surface area contributed by atoms with E-state index in [0.717, 1.165) is 44.2 Å². The second kappa shape index (κ2) is 9.17. The zero-order valence-corrected chi connectivity index (χ0v) is 17.3. The molecule has 2 N–H and O–H groups in total. The monoisotopic (exact) mass is 409 g/mol. The topological polar surface area (TPSA) is 66.3 Å². The molecule has 0 saturated carbocycles. The van der Waals surface area contributed by atoms with Crippen molar-refractivity contribution in [1.29, 1.82) is 0 Å². The van der Waals surface area contributed by atoms with Gasteiger partial charge in [-0.25, -0.2) is 4.79 Å². The number of carbonyl (C=O) groups is 2. The van der Waals surface area contributed by atoms with Gasteiger partial charge in [0.25, 0.3) is 0 Å². The van der Waals surface area contributed by atoms with Crippen molar-refractivity contribution in [2.24, 2.45) is 0 Å². The SMILES string of the molecule is COc1ccc(N2C[C@H](NC(=O)N3CC[NH+](Cc4ccccc4)CC3)CC2=O)cc1. The Kier molecular flexibility index (Phi) is 6.18. The summed E-state index contributed by atoms with van der Waals surface area (Å²) in [5, 5.41) is 3.06. The molecular formula is C23H29N4O3+. The summed E-state index contributed by atoms with van der Waals surface area (Å²) in [7, 11) is 1.62. The van der Waals surface area contributed by atoms with Crippen molar-refractivity contribution in [1.82, 2.24) is 10.2 Å². The summed E-state index contributed by atoms with van der Waals surface area (Å²) in [6, 6.07) is 17.7. The van der Waals surface area contributed by atoms with Gasteiger partial charge in [0, 0.05) is 24.2 Å². The van der Waals surface area contributed by atoms with Gasteiger partial charge in [0.15, 0.2) is 0 Å². The zero-order valence-electron chi connectivity index (χ0n) is 17.3. The van der Waals surface area contributed by atoms with Gasteiger partial charge in [-0.3, -0.25) is 4.79 Å². The van der Waals surface area contributed by atoms with Crippen LogP contribution in [0.3, 0.4) is 0 Å². The number of rotatable bonds is 5. The van der Waals surface area contributed by atoms with Crippen molar-refractivity contribution < 1.29 is 19.2 Å². The molecule has 30 heavy (non-hydrogen) atoms. The number of amides is 3. The van der Waals surface area contributed by atoms with Crippen molar-refractivity contribution >= 4 is 17.6 Å². The Hall–Kier alpha value is -3.06. The second-order valence-electron chi connectivity index (χ2n) is 7.95. The first kappa shape index (κ1) is 20.2.